The van der Waals surface area contributed by atoms with Gasteiger partial charge in [-0.25, -0.2) is 0 Å². The number of aliphatic hydroxyl groups is 3. The lowest BCUT2D eigenvalue weighted by Gasteiger charge is -2.71. The summed E-state index contributed by atoms with van der Waals surface area (Å²) in [5, 5.41) is 35.7. The second-order valence-corrected chi connectivity index (χ2v) is 19.1. The summed E-state index contributed by atoms with van der Waals surface area (Å²) in [6, 6.07) is 0. The lowest BCUT2D eigenvalue weighted by molar-refractivity contribution is -0.251. The Morgan fingerprint density at radius 1 is 0.860 bits per heavy atom. The van der Waals surface area contributed by atoms with Gasteiger partial charge in [0.2, 0.25) is 5.91 Å². The summed E-state index contributed by atoms with van der Waals surface area (Å²) in [5.74, 6) is -0.619. The number of carbonyl (C=O) groups is 3. The van der Waals surface area contributed by atoms with E-state index in [1.165, 1.54) is 19.4 Å². The number of amides is 1. The number of allylic oxidation sites excluding steroid dienone is 2. The molecule has 4 N–H and O–H groups in total. The van der Waals surface area contributed by atoms with Crippen LogP contribution in [-0.2, 0) is 28.6 Å². The van der Waals surface area contributed by atoms with Crippen molar-refractivity contribution in [3.8, 4) is 0 Å². The standard InChI is InChI=1S/C40H63NO9/c1-22(43)48-31-26(21-42)50-33(30(46)32(31)49-23(2)44)41-34(47)40-18-16-35(3,4)20-25(40)24-10-11-28-37(7)14-13-29(45)36(5,6)27(37)12-15-39(28,9)38(24,8)17-19-40/h10,25-33,42,45-46H,11-21H2,1-9H3,(H,41,47)/t25?,26?,27?,28?,29-,30?,31+,32-,33-,37-,38+,39+,40-/m0/s1. The first-order valence-electron chi connectivity index (χ1n) is 19.2. The maximum atomic E-state index is 14.8. The molecule has 0 bridgehead atoms. The Morgan fingerprint density at radius 3 is 2.14 bits per heavy atom. The molecule has 6 rings (SSSR count). The summed E-state index contributed by atoms with van der Waals surface area (Å²) in [5.41, 5.74) is 0.687. The fourth-order valence-electron chi connectivity index (χ4n) is 12.8. The average Bonchev–Trinajstić information content (AvgIpc) is 3.02. The number of fused-ring (bicyclic) bond motifs is 7. The third-order valence-corrected chi connectivity index (χ3v) is 15.8. The van der Waals surface area contributed by atoms with Crippen molar-refractivity contribution in [2.45, 2.75) is 163 Å². The molecule has 1 aliphatic heterocycles. The van der Waals surface area contributed by atoms with Crippen molar-refractivity contribution in [3.05, 3.63) is 11.6 Å². The monoisotopic (exact) mass is 701 g/mol. The maximum Gasteiger partial charge on any atom is 0.303 e. The normalized spacial score (nSPS) is 47.6. The van der Waals surface area contributed by atoms with Gasteiger partial charge in [-0.3, -0.25) is 14.4 Å². The molecular formula is C40H63NO9. The van der Waals surface area contributed by atoms with E-state index in [1.807, 2.05) is 0 Å². The lowest BCUT2D eigenvalue weighted by atomic mass is 9.33. The molecule has 0 radical (unpaired) electrons. The van der Waals surface area contributed by atoms with Crippen molar-refractivity contribution in [2.24, 2.45) is 50.2 Å². The number of carbonyl (C=O) groups excluding carboxylic acids is 3. The number of nitrogens with one attached hydrogen (secondary N) is 1. The fraction of sp³-hybridized carbons (Fsp3) is 0.875. The molecule has 0 aromatic carbocycles. The summed E-state index contributed by atoms with van der Waals surface area (Å²) < 4.78 is 16.8. The summed E-state index contributed by atoms with van der Waals surface area (Å²) in [4.78, 5) is 38.8. The van der Waals surface area contributed by atoms with Gasteiger partial charge < -0.3 is 34.8 Å². The molecule has 0 aromatic heterocycles. The zero-order chi connectivity index (χ0) is 36.8. The highest BCUT2D eigenvalue weighted by molar-refractivity contribution is 5.84. The number of esters is 2. The highest BCUT2D eigenvalue weighted by Crippen LogP contribution is 2.75. The number of hydrogen-bond donors (Lipinski definition) is 4. The van der Waals surface area contributed by atoms with Gasteiger partial charge in [0, 0.05) is 13.8 Å². The predicted octanol–water partition coefficient (Wildman–Crippen LogP) is 5.21. The van der Waals surface area contributed by atoms with E-state index in [2.05, 4.69) is 59.9 Å². The third-order valence-electron chi connectivity index (χ3n) is 15.8. The molecule has 1 saturated heterocycles. The van der Waals surface area contributed by atoms with Crippen molar-refractivity contribution in [2.75, 3.05) is 6.61 Å². The van der Waals surface area contributed by atoms with Crippen LogP contribution in [0.5, 0.6) is 0 Å². The van der Waals surface area contributed by atoms with E-state index in [9.17, 15) is 29.7 Å². The molecule has 6 aliphatic rings. The van der Waals surface area contributed by atoms with Crippen LogP contribution in [0.2, 0.25) is 0 Å². The highest BCUT2D eigenvalue weighted by atomic mass is 16.6. The molecule has 4 saturated carbocycles. The minimum absolute atomic E-state index is 0.00496. The topological polar surface area (TPSA) is 152 Å². The van der Waals surface area contributed by atoms with E-state index in [0.29, 0.717) is 24.7 Å². The van der Waals surface area contributed by atoms with Crippen LogP contribution < -0.4 is 5.32 Å². The summed E-state index contributed by atoms with van der Waals surface area (Å²) in [7, 11) is 0. The van der Waals surface area contributed by atoms with Crippen LogP contribution >= 0.6 is 0 Å². The largest absolute Gasteiger partial charge is 0.456 e. The van der Waals surface area contributed by atoms with Crippen molar-refractivity contribution in [1.29, 1.82) is 0 Å². The van der Waals surface area contributed by atoms with Crippen molar-refractivity contribution >= 4 is 17.8 Å². The van der Waals surface area contributed by atoms with Gasteiger partial charge in [-0.2, -0.15) is 0 Å². The van der Waals surface area contributed by atoms with Crippen molar-refractivity contribution < 1.29 is 43.9 Å². The molecule has 5 unspecified atom stereocenters. The maximum absolute atomic E-state index is 14.8. The molecule has 5 aliphatic carbocycles. The quantitative estimate of drug-likeness (QED) is 0.224. The highest BCUT2D eigenvalue weighted by Gasteiger charge is 2.69. The van der Waals surface area contributed by atoms with Crippen LogP contribution in [0.3, 0.4) is 0 Å². The Labute approximate surface area is 298 Å². The molecule has 0 spiro atoms. The zero-order valence-corrected chi connectivity index (χ0v) is 31.8. The van der Waals surface area contributed by atoms with E-state index in [-0.39, 0.29) is 45.0 Å². The molecular weight excluding hydrogens is 638 g/mol. The molecule has 1 heterocycles. The Balaban J connectivity index is 1.33. The van der Waals surface area contributed by atoms with E-state index >= 15 is 0 Å². The van der Waals surface area contributed by atoms with Crippen molar-refractivity contribution in [3.63, 3.8) is 0 Å². The zero-order valence-electron chi connectivity index (χ0n) is 31.8. The molecule has 10 nitrogen and oxygen atoms in total. The van der Waals surface area contributed by atoms with Gasteiger partial charge in [0.1, 0.15) is 12.2 Å². The molecule has 1 amide bonds. The van der Waals surface area contributed by atoms with Gasteiger partial charge in [-0.15, -0.1) is 0 Å². The number of ether oxygens (including phenoxy) is 3. The second-order valence-electron chi connectivity index (χ2n) is 19.1. The first kappa shape index (κ1) is 37.7. The predicted molar refractivity (Wildman–Crippen MR) is 186 cm³/mol. The van der Waals surface area contributed by atoms with Crippen LogP contribution in [-0.4, -0.2) is 76.5 Å². The number of aliphatic hydroxyl groups excluding tert-OH is 3. The summed E-state index contributed by atoms with van der Waals surface area (Å²) in [6.45, 7) is 18.5. The smallest absolute Gasteiger partial charge is 0.303 e. The number of hydrogen-bond acceptors (Lipinski definition) is 9. The molecule has 5 fully saturated rings. The van der Waals surface area contributed by atoms with E-state index < -0.39 is 54.6 Å². The van der Waals surface area contributed by atoms with Gasteiger partial charge in [0.05, 0.1) is 18.1 Å². The van der Waals surface area contributed by atoms with E-state index in [1.54, 1.807) is 0 Å². The first-order chi connectivity index (χ1) is 23.2. The second kappa shape index (κ2) is 12.6. The van der Waals surface area contributed by atoms with Crippen molar-refractivity contribution in [1.82, 2.24) is 5.32 Å². The minimum Gasteiger partial charge on any atom is -0.456 e. The minimum atomic E-state index is -1.53. The SMILES string of the molecule is CC(=O)O[C@@H]1C(CO)O[C@H](NC(=O)[C@]23CCC(C)(C)CC2C2=CCC4[C@@]5(C)CC[C@H](O)C(C)(C)C5CC[C@@]4(C)[C@]2(C)CC3)C(O)[C@@H]1OC(C)=O. The van der Waals surface area contributed by atoms with Gasteiger partial charge in [0.15, 0.2) is 18.4 Å². The van der Waals surface area contributed by atoms with E-state index in [4.69, 9.17) is 14.2 Å². The molecule has 13 atom stereocenters. The Bertz CT molecular complexity index is 1410. The molecule has 50 heavy (non-hydrogen) atoms. The van der Waals surface area contributed by atoms with Crippen LogP contribution in [0.15, 0.2) is 11.6 Å². The number of rotatable bonds is 5. The van der Waals surface area contributed by atoms with Crippen LogP contribution in [0, 0.1) is 50.2 Å². The van der Waals surface area contributed by atoms with Crippen LogP contribution in [0.1, 0.15) is 127 Å². The van der Waals surface area contributed by atoms with E-state index in [0.717, 1.165) is 51.4 Å². The molecule has 0 aromatic rings. The summed E-state index contributed by atoms with van der Waals surface area (Å²) >= 11 is 0. The average molecular weight is 702 g/mol. The fourth-order valence-corrected chi connectivity index (χ4v) is 12.8. The Hall–Kier alpha value is -2.01. The lowest BCUT2D eigenvalue weighted by Crippen LogP contribution is -2.68. The Kier molecular flexibility index (Phi) is 9.47. The molecule has 282 valence electrons. The van der Waals surface area contributed by atoms with Gasteiger partial charge in [-0.05, 0) is 109 Å². The first-order valence-corrected chi connectivity index (χ1v) is 19.2. The van der Waals surface area contributed by atoms with Gasteiger partial charge in [0.25, 0.3) is 0 Å². The molecule has 10 heteroatoms. The van der Waals surface area contributed by atoms with Gasteiger partial charge >= 0.3 is 11.9 Å². The third kappa shape index (κ3) is 5.59. The van der Waals surface area contributed by atoms with Crippen LogP contribution in [0.4, 0.5) is 0 Å². The Morgan fingerprint density at radius 2 is 1.50 bits per heavy atom. The summed E-state index contributed by atoms with van der Waals surface area (Å²) in [6.07, 6.45) is 4.83. The van der Waals surface area contributed by atoms with Crippen LogP contribution in [0.25, 0.3) is 0 Å². The van der Waals surface area contributed by atoms with Gasteiger partial charge in [-0.1, -0.05) is 60.1 Å².